The number of hydrogen-bond acceptors (Lipinski definition) is 2. The van der Waals surface area contributed by atoms with Crippen molar-refractivity contribution in [2.75, 3.05) is 11.9 Å². The third-order valence-electron chi connectivity index (χ3n) is 2.03. The zero-order valence-electron chi connectivity index (χ0n) is 7.73. The normalized spacial score (nSPS) is 18.4. The molecule has 0 radical (unpaired) electrons. The molecule has 1 aromatic rings. The van der Waals surface area contributed by atoms with E-state index in [0.717, 1.165) is 11.4 Å². The summed E-state index contributed by atoms with van der Waals surface area (Å²) in [4.78, 5) is 0. The van der Waals surface area contributed by atoms with E-state index in [0.29, 0.717) is 6.54 Å². The molecule has 1 aromatic carbocycles. The predicted octanol–water partition coefficient (Wildman–Crippen LogP) is 2.41. The number of benzene rings is 1. The molecule has 0 atom stereocenters. The highest BCUT2D eigenvalue weighted by Gasteiger charge is 2.26. The highest BCUT2D eigenvalue weighted by atomic mass is 19.1. The topological polar surface area (TPSA) is 21.3 Å². The standard InChI is InChI=1S/C10H12FNO/c1-10(2)6-12-8-5-7(11)3-4-9(8)13-10/h3-5,12H,6H2,1-2H3. The second-order valence-electron chi connectivity index (χ2n) is 3.86. The smallest absolute Gasteiger partial charge is 0.143 e. The Morgan fingerprint density at radius 2 is 2.23 bits per heavy atom. The van der Waals surface area contributed by atoms with Crippen molar-refractivity contribution in [3.05, 3.63) is 24.0 Å². The van der Waals surface area contributed by atoms with Gasteiger partial charge in [0.2, 0.25) is 0 Å². The first-order valence-electron chi connectivity index (χ1n) is 4.29. The van der Waals surface area contributed by atoms with E-state index in [1.54, 1.807) is 6.07 Å². The third kappa shape index (κ3) is 1.59. The highest BCUT2D eigenvalue weighted by molar-refractivity contribution is 5.58. The first kappa shape index (κ1) is 8.35. The lowest BCUT2D eigenvalue weighted by atomic mass is 10.1. The summed E-state index contributed by atoms with van der Waals surface area (Å²) in [7, 11) is 0. The van der Waals surface area contributed by atoms with Gasteiger partial charge >= 0.3 is 0 Å². The molecule has 1 heterocycles. The minimum Gasteiger partial charge on any atom is -0.484 e. The maximum Gasteiger partial charge on any atom is 0.143 e. The average molecular weight is 181 g/mol. The number of nitrogens with one attached hydrogen (secondary N) is 1. The number of halogens is 1. The molecule has 13 heavy (non-hydrogen) atoms. The third-order valence-corrected chi connectivity index (χ3v) is 2.03. The molecule has 1 N–H and O–H groups in total. The lowest BCUT2D eigenvalue weighted by Gasteiger charge is -2.33. The Morgan fingerprint density at radius 3 is 3.00 bits per heavy atom. The molecular formula is C10H12FNO. The van der Waals surface area contributed by atoms with Crippen LogP contribution in [0.3, 0.4) is 0 Å². The van der Waals surface area contributed by atoms with Gasteiger partial charge in [-0.2, -0.15) is 0 Å². The van der Waals surface area contributed by atoms with E-state index in [1.807, 2.05) is 13.8 Å². The predicted molar refractivity (Wildman–Crippen MR) is 49.6 cm³/mol. The fourth-order valence-electron chi connectivity index (χ4n) is 1.37. The lowest BCUT2D eigenvalue weighted by Crippen LogP contribution is -2.39. The number of ether oxygens (including phenoxy) is 1. The van der Waals surface area contributed by atoms with Gasteiger partial charge in [-0.1, -0.05) is 0 Å². The van der Waals surface area contributed by atoms with Gasteiger partial charge in [0.15, 0.2) is 0 Å². The summed E-state index contributed by atoms with van der Waals surface area (Å²) < 4.78 is 18.4. The van der Waals surface area contributed by atoms with Crippen LogP contribution in [0.4, 0.5) is 10.1 Å². The summed E-state index contributed by atoms with van der Waals surface area (Å²) in [6.07, 6.45) is 0. The number of fused-ring (bicyclic) bond motifs is 1. The van der Waals surface area contributed by atoms with Crippen LogP contribution >= 0.6 is 0 Å². The first-order valence-corrected chi connectivity index (χ1v) is 4.29. The summed E-state index contributed by atoms with van der Waals surface area (Å²) in [5, 5.41) is 3.13. The molecule has 0 spiro atoms. The van der Waals surface area contributed by atoms with Gasteiger partial charge in [-0.05, 0) is 26.0 Å². The Labute approximate surface area is 76.7 Å². The van der Waals surface area contributed by atoms with Crippen molar-refractivity contribution in [1.29, 1.82) is 0 Å². The largest absolute Gasteiger partial charge is 0.484 e. The van der Waals surface area contributed by atoms with Crippen molar-refractivity contribution >= 4 is 5.69 Å². The van der Waals surface area contributed by atoms with Gasteiger partial charge in [0.1, 0.15) is 17.2 Å². The highest BCUT2D eigenvalue weighted by Crippen LogP contribution is 2.32. The van der Waals surface area contributed by atoms with Crippen LogP contribution in [-0.2, 0) is 0 Å². The summed E-state index contributed by atoms with van der Waals surface area (Å²) >= 11 is 0. The molecule has 1 aliphatic rings. The monoisotopic (exact) mass is 181 g/mol. The van der Waals surface area contributed by atoms with Crippen LogP contribution in [0.25, 0.3) is 0 Å². The van der Waals surface area contributed by atoms with Crippen LogP contribution < -0.4 is 10.1 Å². The number of hydrogen-bond donors (Lipinski definition) is 1. The summed E-state index contributed by atoms with van der Waals surface area (Å²) in [5.74, 6) is 0.479. The van der Waals surface area contributed by atoms with E-state index >= 15 is 0 Å². The zero-order chi connectivity index (χ0) is 9.47. The number of anilines is 1. The Morgan fingerprint density at radius 1 is 1.46 bits per heavy atom. The van der Waals surface area contributed by atoms with E-state index in [9.17, 15) is 4.39 Å². The molecule has 2 nitrogen and oxygen atoms in total. The molecule has 0 unspecified atom stereocenters. The molecule has 2 rings (SSSR count). The summed E-state index contributed by atoms with van der Waals surface area (Å²) in [6, 6.07) is 4.51. The van der Waals surface area contributed by atoms with E-state index in [4.69, 9.17) is 4.74 Å². The van der Waals surface area contributed by atoms with Gasteiger partial charge in [0.25, 0.3) is 0 Å². The van der Waals surface area contributed by atoms with Crippen molar-refractivity contribution in [3.63, 3.8) is 0 Å². The zero-order valence-corrected chi connectivity index (χ0v) is 7.73. The quantitative estimate of drug-likeness (QED) is 0.663. The van der Waals surface area contributed by atoms with Gasteiger partial charge in [-0.3, -0.25) is 0 Å². The second-order valence-corrected chi connectivity index (χ2v) is 3.86. The molecule has 0 amide bonds. The molecule has 0 bridgehead atoms. The molecule has 3 heteroatoms. The molecule has 1 aliphatic heterocycles. The second kappa shape index (κ2) is 2.62. The van der Waals surface area contributed by atoms with Gasteiger partial charge in [-0.15, -0.1) is 0 Å². The van der Waals surface area contributed by atoms with Crippen LogP contribution in [0.1, 0.15) is 13.8 Å². The van der Waals surface area contributed by atoms with Gasteiger partial charge in [0, 0.05) is 6.07 Å². The maximum absolute atomic E-state index is 12.8. The molecule has 0 saturated carbocycles. The molecular weight excluding hydrogens is 169 g/mol. The van der Waals surface area contributed by atoms with Crippen LogP contribution in [0, 0.1) is 5.82 Å². The van der Waals surface area contributed by atoms with Crippen LogP contribution in [0.5, 0.6) is 5.75 Å². The fraction of sp³-hybridized carbons (Fsp3) is 0.400. The summed E-state index contributed by atoms with van der Waals surface area (Å²) in [6.45, 7) is 4.68. The van der Waals surface area contributed by atoms with E-state index in [2.05, 4.69) is 5.32 Å². The molecule has 0 aliphatic carbocycles. The first-order chi connectivity index (χ1) is 6.07. The Bertz CT molecular complexity index is 336. The van der Waals surface area contributed by atoms with E-state index in [-0.39, 0.29) is 11.4 Å². The average Bonchev–Trinajstić information content (AvgIpc) is 2.05. The Hall–Kier alpha value is -1.25. The fourth-order valence-corrected chi connectivity index (χ4v) is 1.37. The van der Waals surface area contributed by atoms with Crippen LogP contribution in [0.15, 0.2) is 18.2 Å². The molecule has 0 fully saturated rings. The number of rotatable bonds is 0. The molecule has 0 aromatic heterocycles. The Kier molecular flexibility index (Phi) is 1.68. The van der Waals surface area contributed by atoms with Crippen LogP contribution in [-0.4, -0.2) is 12.1 Å². The van der Waals surface area contributed by atoms with Crippen molar-refractivity contribution in [3.8, 4) is 5.75 Å². The van der Waals surface area contributed by atoms with Gasteiger partial charge < -0.3 is 10.1 Å². The molecule has 70 valence electrons. The Balaban J connectivity index is 2.37. The van der Waals surface area contributed by atoms with Crippen molar-refractivity contribution in [2.24, 2.45) is 0 Å². The SMILES string of the molecule is CC1(C)CNc2cc(F)ccc2O1. The lowest BCUT2D eigenvalue weighted by molar-refractivity contribution is 0.116. The van der Waals surface area contributed by atoms with Crippen molar-refractivity contribution in [1.82, 2.24) is 0 Å². The van der Waals surface area contributed by atoms with Crippen molar-refractivity contribution in [2.45, 2.75) is 19.4 Å². The van der Waals surface area contributed by atoms with E-state index in [1.165, 1.54) is 12.1 Å². The maximum atomic E-state index is 12.8. The van der Waals surface area contributed by atoms with Gasteiger partial charge in [-0.25, -0.2) is 4.39 Å². The van der Waals surface area contributed by atoms with E-state index < -0.39 is 0 Å². The minimum atomic E-state index is -0.241. The van der Waals surface area contributed by atoms with Gasteiger partial charge in [0.05, 0.1) is 12.2 Å². The van der Waals surface area contributed by atoms with Crippen molar-refractivity contribution < 1.29 is 9.13 Å². The summed E-state index contributed by atoms with van der Waals surface area (Å²) in [5.41, 5.74) is 0.518. The molecule has 0 saturated heterocycles. The van der Waals surface area contributed by atoms with Crippen LogP contribution in [0.2, 0.25) is 0 Å². The minimum absolute atomic E-state index is 0.217.